The molecule has 0 aliphatic rings. The third-order valence-corrected chi connectivity index (χ3v) is 18.1. The van der Waals surface area contributed by atoms with Gasteiger partial charge in [0.1, 0.15) is 14.9 Å². The van der Waals surface area contributed by atoms with E-state index in [0.29, 0.717) is 61.2 Å². The first kappa shape index (κ1) is 84.3. The number of aromatic amines is 1. The summed E-state index contributed by atoms with van der Waals surface area (Å²) in [7, 11) is -2.75. The van der Waals surface area contributed by atoms with Gasteiger partial charge in [-0.25, -0.2) is 38.1 Å². The number of nitrogens with one attached hydrogen (secondary N) is 2. The molecule has 0 fully saturated rings. The maximum atomic E-state index is 12.6. The molecule has 10 rings (SSSR count). The summed E-state index contributed by atoms with van der Waals surface area (Å²) < 4.78 is 199. The number of H-pyrrole nitrogens is 1. The van der Waals surface area contributed by atoms with E-state index in [9.17, 15) is 93.5 Å². The normalized spacial score (nSPS) is 11.5. The highest BCUT2D eigenvalue weighted by atomic mass is 35.7. The molecular formula is C69H52Cl3F12N7O10S4. The van der Waals surface area contributed by atoms with Crippen LogP contribution in [0.1, 0.15) is 122 Å². The van der Waals surface area contributed by atoms with Gasteiger partial charge >= 0.3 is 30.7 Å². The second-order valence-electron chi connectivity index (χ2n) is 21.6. The number of halogens is 15. The number of nitrogens with zero attached hydrogens (tertiary/aromatic N) is 5. The van der Waals surface area contributed by atoms with Crippen LogP contribution >= 0.6 is 57.4 Å². The van der Waals surface area contributed by atoms with Crippen molar-refractivity contribution >= 4 is 111 Å². The number of aromatic nitrogens is 6. The molecule has 6 heterocycles. The summed E-state index contributed by atoms with van der Waals surface area (Å²) in [4.78, 5) is 79.7. The van der Waals surface area contributed by atoms with Gasteiger partial charge in [-0.15, -0.1) is 11.3 Å². The van der Waals surface area contributed by atoms with Gasteiger partial charge in [-0.3, -0.25) is 23.9 Å². The predicted octanol–water partition coefficient (Wildman–Crippen LogP) is 18.6. The molecule has 552 valence electrons. The maximum absolute atomic E-state index is 12.6. The number of sulfonamides is 1. The molecule has 0 spiro atoms. The van der Waals surface area contributed by atoms with Crippen LogP contribution in [-0.2, 0) is 69.5 Å². The van der Waals surface area contributed by atoms with E-state index in [2.05, 4.69) is 34.6 Å². The Bertz CT molecular complexity index is 4840. The lowest BCUT2D eigenvalue weighted by Gasteiger charge is -2.08. The van der Waals surface area contributed by atoms with Crippen molar-refractivity contribution in [2.45, 2.75) is 86.1 Å². The number of benzene rings is 4. The Kier molecular flexibility index (Phi) is 30.4. The van der Waals surface area contributed by atoms with Gasteiger partial charge < -0.3 is 10.1 Å². The summed E-state index contributed by atoms with van der Waals surface area (Å²) in [5.74, 6) is -1.81. The molecule has 0 saturated heterocycles. The Balaban J connectivity index is 0.000000211. The summed E-state index contributed by atoms with van der Waals surface area (Å²) in [6.45, 7) is 0. The first-order valence-corrected chi connectivity index (χ1v) is 35.7. The van der Waals surface area contributed by atoms with Crippen molar-refractivity contribution in [2.24, 2.45) is 0 Å². The average Bonchev–Trinajstić information content (AvgIpc) is 1.50. The largest absolute Gasteiger partial charge is 0.478 e. The van der Waals surface area contributed by atoms with Crippen LogP contribution in [0.3, 0.4) is 0 Å². The molecule has 36 heteroatoms. The Hall–Kier alpha value is -9.64. The van der Waals surface area contributed by atoms with Crippen molar-refractivity contribution in [1.82, 2.24) is 29.9 Å². The molecule has 10 aromatic rings. The lowest BCUT2D eigenvalue weighted by atomic mass is 10.0. The number of ketones is 4. The number of pyridine rings is 5. The summed E-state index contributed by atoms with van der Waals surface area (Å²) in [6.07, 6.45) is -7.81. The van der Waals surface area contributed by atoms with Crippen LogP contribution in [0.25, 0.3) is 0 Å². The van der Waals surface area contributed by atoms with E-state index >= 15 is 0 Å². The summed E-state index contributed by atoms with van der Waals surface area (Å²) in [5.41, 5.74) is 1.17. The minimum absolute atomic E-state index is 0.0521. The number of anilines is 1. The van der Waals surface area contributed by atoms with Gasteiger partial charge in [0.05, 0.1) is 27.8 Å². The van der Waals surface area contributed by atoms with Crippen LogP contribution in [0.5, 0.6) is 0 Å². The topological polar surface area (TPSA) is 266 Å². The third-order valence-electron chi connectivity index (χ3n) is 14.1. The van der Waals surface area contributed by atoms with Gasteiger partial charge in [-0.2, -0.15) is 61.1 Å². The monoisotopic (exact) mass is 1600 g/mol. The smallest absolute Gasteiger partial charge is 0.416 e. The van der Waals surface area contributed by atoms with E-state index in [0.717, 1.165) is 78.3 Å². The van der Waals surface area contributed by atoms with Crippen LogP contribution in [0.2, 0.25) is 10.3 Å². The fourth-order valence-electron chi connectivity index (χ4n) is 8.51. The van der Waals surface area contributed by atoms with Gasteiger partial charge in [0.15, 0.2) is 38.3 Å². The number of carboxylic acid groups (broad SMARTS) is 1. The highest BCUT2D eigenvalue weighted by Crippen LogP contribution is 2.33. The maximum Gasteiger partial charge on any atom is 0.416 e. The van der Waals surface area contributed by atoms with Crippen LogP contribution in [0.4, 0.5) is 57.8 Å². The number of thiazole rings is 1. The van der Waals surface area contributed by atoms with E-state index in [1.54, 1.807) is 23.6 Å². The standard InChI is InChI=1S/C18H14F3N3O3S2.C15H11ClF3NO3S.C15H11ClF3NO.C15H12F3NOS.C6H4ClNO2/c19-18(20,21)14-5-1-12(2-6-14)3-7-15(25)13-4-8-16(23-11-13)29(26,27)24-17-22-9-10-28-17;16-24(22,23)14-8-4-11(9-20-14)13(21)7-3-10-1-5-12(6-2-10)15(17,18)19;16-14-8-4-11(9-20-14)13(21)7-3-10-1-5-12(6-2-10)15(17,18)19;16-15(17,18)12-5-1-10(2-6-12)3-7-13(20)11-4-8-14(21)19-9-11;7-5-2-1-4(3-8-5)6(9)10/h1-2,4-6,8-11H,3,7H2,(H,22,24);1-2,4-6,8-9H,3,7H2;1-2,4-6,8-9H,3,7H2;1-2,4-6,8-9H,3,7H2,(H,19,21);1-3H,(H,9,10). The quantitative estimate of drug-likeness (QED) is 0.0198. The molecule has 0 radical (unpaired) electrons. The number of carbonyl (C=O) groups excluding carboxylic acids is 4. The fraction of sp³-hybridized carbons (Fsp3) is 0.174. The molecule has 4 aromatic carbocycles. The van der Waals surface area contributed by atoms with Crippen molar-refractivity contribution in [3.8, 4) is 0 Å². The zero-order valence-electron chi connectivity index (χ0n) is 53.4. The van der Waals surface area contributed by atoms with Crippen molar-refractivity contribution in [1.29, 1.82) is 0 Å². The molecule has 0 amide bonds. The van der Waals surface area contributed by atoms with Crippen molar-refractivity contribution in [2.75, 3.05) is 4.72 Å². The Labute approximate surface area is 613 Å². The van der Waals surface area contributed by atoms with E-state index in [1.807, 2.05) is 0 Å². The molecule has 17 nitrogen and oxygen atoms in total. The van der Waals surface area contributed by atoms with Crippen LogP contribution in [0, 0.1) is 4.64 Å². The lowest BCUT2D eigenvalue weighted by Crippen LogP contribution is -2.14. The molecule has 6 aromatic heterocycles. The minimum atomic E-state index is -4.41. The number of hydrogen-bond donors (Lipinski definition) is 3. The zero-order chi connectivity index (χ0) is 77.5. The highest BCUT2D eigenvalue weighted by Gasteiger charge is 2.33. The van der Waals surface area contributed by atoms with E-state index < -0.39 is 72.0 Å². The Morgan fingerprint density at radius 3 is 1.01 bits per heavy atom. The van der Waals surface area contributed by atoms with Crippen LogP contribution in [0.15, 0.2) is 210 Å². The number of Topliss-reactive ketones (excluding diaryl/α,β-unsaturated/α-hetero) is 4. The number of rotatable bonds is 21. The number of carbonyl (C=O) groups is 5. The molecular weight excluding hydrogens is 1550 g/mol. The molecule has 105 heavy (non-hydrogen) atoms. The summed E-state index contributed by atoms with van der Waals surface area (Å²) in [5, 5.41) is 10.2. The van der Waals surface area contributed by atoms with Gasteiger partial charge in [-0.05, 0) is 157 Å². The Morgan fingerprint density at radius 2 is 0.743 bits per heavy atom. The molecule has 0 unspecified atom stereocenters. The number of aromatic carboxylic acids is 1. The van der Waals surface area contributed by atoms with Gasteiger partial charge in [0, 0.05) is 101 Å². The van der Waals surface area contributed by atoms with E-state index in [4.69, 9.17) is 51.2 Å². The second-order valence-corrected chi connectivity index (χ2v) is 27.9. The first-order chi connectivity index (χ1) is 49.1. The van der Waals surface area contributed by atoms with Crippen molar-refractivity contribution < 1.29 is 98.6 Å². The van der Waals surface area contributed by atoms with E-state index in [1.165, 1.54) is 110 Å². The lowest BCUT2D eigenvalue weighted by molar-refractivity contribution is -0.138. The molecule has 0 bridgehead atoms. The van der Waals surface area contributed by atoms with Gasteiger partial charge in [0.2, 0.25) is 0 Å². The summed E-state index contributed by atoms with van der Waals surface area (Å²) >= 11 is 17.0. The van der Waals surface area contributed by atoms with Crippen LogP contribution in [-0.4, -0.2) is 80.9 Å². The minimum Gasteiger partial charge on any atom is -0.478 e. The number of carboxylic acids is 1. The van der Waals surface area contributed by atoms with Crippen LogP contribution < -0.4 is 4.72 Å². The predicted molar refractivity (Wildman–Crippen MR) is 368 cm³/mol. The van der Waals surface area contributed by atoms with Crippen molar-refractivity contribution in [3.05, 3.63) is 288 Å². The molecule has 0 aliphatic heterocycles. The summed E-state index contributed by atoms with van der Waals surface area (Å²) in [6, 6.07) is 33.0. The first-order valence-electron chi connectivity index (χ1n) is 29.9. The van der Waals surface area contributed by atoms with E-state index in [-0.39, 0.29) is 93.5 Å². The van der Waals surface area contributed by atoms with Crippen molar-refractivity contribution in [3.63, 3.8) is 0 Å². The molecule has 3 N–H and O–H groups in total. The second kappa shape index (κ2) is 37.9. The number of alkyl halides is 12. The number of hydrogen-bond acceptors (Lipinski definition) is 16. The number of aryl methyl sites for hydroxylation is 4. The molecule has 0 atom stereocenters. The molecule has 0 aliphatic carbocycles. The highest BCUT2D eigenvalue weighted by molar-refractivity contribution is 8.13. The van der Waals surface area contributed by atoms with Gasteiger partial charge in [-0.1, -0.05) is 84.0 Å². The molecule has 0 saturated carbocycles. The Morgan fingerprint density at radius 1 is 0.429 bits per heavy atom. The SMILES string of the molecule is O=C(CCc1ccc(C(F)(F)F)cc1)c1ccc(=S)[nH]c1.O=C(CCc1ccc(C(F)(F)F)cc1)c1ccc(Cl)nc1.O=C(CCc1ccc(C(F)(F)F)cc1)c1ccc(S(=O)(=O)Cl)nc1.O=C(CCc1ccc(C(F)(F)F)cc1)c1ccc(S(=O)(=O)Nc2nccs2)nc1.O=C(O)c1ccc(Cl)nc1. The van der Waals surface area contributed by atoms with Gasteiger partial charge in [0.25, 0.3) is 19.1 Å². The average molecular weight is 1600 g/mol. The zero-order valence-corrected chi connectivity index (χ0v) is 58.9. The fourth-order valence-corrected chi connectivity index (χ4v) is 11.3. The third kappa shape index (κ3) is 28.4.